The molecular formula is C9H19N5O2. The van der Waals surface area contributed by atoms with Crippen LogP contribution in [0.3, 0.4) is 0 Å². The number of hydrogen-bond acceptors (Lipinski definition) is 4. The number of morpholine rings is 1. The van der Waals surface area contributed by atoms with E-state index in [9.17, 15) is 4.79 Å². The summed E-state index contributed by atoms with van der Waals surface area (Å²) in [4.78, 5) is 11.0. The third-order valence-corrected chi connectivity index (χ3v) is 1.75. The fourth-order valence-corrected chi connectivity index (χ4v) is 0.994. The number of guanidine groups is 2. The van der Waals surface area contributed by atoms with Crippen LogP contribution in [-0.4, -0.2) is 49.4 Å². The van der Waals surface area contributed by atoms with Gasteiger partial charge in [-0.3, -0.25) is 16.1 Å². The van der Waals surface area contributed by atoms with Gasteiger partial charge in [0.15, 0.2) is 11.9 Å². The molecular weight excluding hydrogens is 210 g/mol. The summed E-state index contributed by atoms with van der Waals surface area (Å²) in [5.74, 6) is -0.0303. The summed E-state index contributed by atoms with van der Waals surface area (Å²) < 4.78 is 5.10. The fourth-order valence-electron chi connectivity index (χ4n) is 0.994. The van der Waals surface area contributed by atoms with Crippen LogP contribution in [0.25, 0.3) is 0 Å². The van der Waals surface area contributed by atoms with Gasteiger partial charge in [-0.15, -0.1) is 0 Å². The third kappa shape index (κ3) is 6.77. The Morgan fingerprint density at radius 3 is 2.38 bits per heavy atom. The van der Waals surface area contributed by atoms with Crippen LogP contribution in [-0.2, 0) is 9.53 Å². The minimum atomic E-state index is -0.202. The Morgan fingerprint density at radius 2 is 2.00 bits per heavy atom. The molecule has 1 rings (SSSR count). The van der Waals surface area contributed by atoms with Crippen LogP contribution in [0, 0.1) is 10.8 Å². The molecule has 0 atom stereocenters. The van der Waals surface area contributed by atoms with Crippen molar-refractivity contribution in [2.75, 3.05) is 26.3 Å². The largest absolute Gasteiger partial charge is 0.378 e. The average molecular weight is 229 g/mol. The van der Waals surface area contributed by atoms with Crippen molar-refractivity contribution >= 4 is 18.2 Å². The van der Waals surface area contributed by atoms with Gasteiger partial charge < -0.3 is 20.2 Å². The van der Waals surface area contributed by atoms with Crippen LogP contribution >= 0.6 is 0 Å². The van der Waals surface area contributed by atoms with E-state index >= 15 is 0 Å². The molecule has 0 aromatic rings. The lowest BCUT2D eigenvalue weighted by molar-refractivity contribution is -0.107. The molecule has 92 valence electrons. The van der Waals surface area contributed by atoms with E-state index in [2.05, 4.69) is 5.32 Å². The maximum Gasteiger partial charge on any atom is 0.198 e. The highest BCUT2D eigenvalue weighted by Gasteiger charge is 2.13. The van der Waals surface area contributed by atoms with E-state index < -0.39 is 0 Å². The first kappa shape index (κ1) is 14.4. The predicted molar refractivity (Wildman–Crippen MR) is 61.5 cm³/mol. The van der Waals surface area contributed by atoms with Crippen molar-refractivity contribution in [2.45, 2.75) is 13.3 Å². The van der Waals surface area contributed by atoms with E-state index in [1.165, 1.54) is 0 Å². The molecule has 0 saturated carbocycles. The molecule has 5 N–H and O–H groups in total. The smallest absolute Gasteiger partial charge is 0.198 e. The number of aldehydes is 1. The zero-order valence-corrected chi connectivity index (χ0v) is 9.45. The SMILES string of the molecule is CCC=O.N=C(N)NC(=N)N1CCOCC1. The van der Waals surface area contributed by atoms with Gasteiger partial charge in [0.05, 0.1) is 13.2 Å². The molecule has 1 aliphatic rings. The maximum absolute atomic E-state index is 9.17. The minimum absolute atomic E-state index is 0.172. The zero-order chi connectivity index (χ0) is 12.4. The highest BCUT2D eigenvalue weighted by atomic mass is 16.5. The zero-order valence-electron chi connectivity index (χ0n) is 9.45. The number of rotatable bonds is 1. The van der Waals surface area contributed by atoms with E-state index in [0.717, 1.165) is 6.29 Å². The Bertz CT molecular complexity index is 238. The number of carbonyl (C=O) groups excluding carboxylic acids is 1. The normalized spacial score (nSPS) is 14.4. The summed E-state index contributed by atoms with van der Waals surface area (Å²) in [6.45, 7) is 4.43. The van der Waals surface area contributed by atoms with Gasteiger partial charge in [-0.25, -0.2) is 0 Å². The van der Waals surface area contributed by atoms with Crippen molar-refractivity contribution in [3.05, 3.63) is 0 Å². The first-order valence-corrected chi connectivity index (χ1v) is 5.07. The molecule has 0 aromatic carbocycles. The first-order valence-electron chi connectivity index (χ1n) is 5.07. The molecule has 16 heavy (non-hydrogen) atoms. The predicted octanol–water partition coefficient (Wildman–Crippen LogP) is -0.668. The molecule has 1 heterocycles. The summed E-state index contributed by atoms with van der Waals surface area (Å²) in [5.41, 5.74) is 5.07. The summed E-state index contributed by atoms with van der Waals surface area (Å²) >= 11 is 0. The van der Waals surface area contributed by atoms with Crippen LogP contribution in [0.15, 0.2) is 0 Å². The Morgan fingerprint density at radius 1 is 1.50 bits per heavy atom. The van der Waals surface area contributed by atoms with Gasteiger partial charge in [-0.05, 0) is 0 Å². The van der Waals surface area contributed by atoms with Gasteiger partial charge in [0.1, 0.15) is 6.29 Å². The standard InChI is InChI=1S/C6H13N5O.C3H6O/c7-5(8)10-6(9)11-1-3-12-4-2-11;1-2-3-4/h1-4H2,(H5,7,8,9,10);3H,2H2,1H3. The molecule has 0 bridgehead atoms. The molecule has 0 radical (unpaired) electrons. The van der Waals surface area contributed by atoms with E-state index in [1.807, 2.05) is 6.92 Å². The number of nitrogens with two attached hydrogens (primary N) is 1. The van der Waals surface area contributed by atoms with E-state index in [0.29, 0.717) is 32.7 Å². The number of nitrogens with zero attached hydrogens (tertiary/aromatic N) is 1. The van der Waals surface area contributed by atoms with E-state index in [1.54, 1.807) is 4.90 Å². The summed E-state index contributed by atoms with van der Waals surface area (Å²) in [5, 5.41) is 16.8. The summed E-state index contributed by atoms with van der Waals surface area (Å²) in [7, 11) is 0. The number of hydrogen-bond donors (Lipinski definition) is 4. The molecule has 0 aliphatic carbocycles. The maximum atomic E-state index is 9.17. The molecule has 7 nitrogen and oxygen atoms in total. The van der Waals surface area contributed by atoms with Gasteiger partial charge in [0.25, 0.3) is 0 Å². The Balaban J connectivity index is 0.000000487. The van der Waals surface area contributed by atoms with Gasteiger partial charge in [0.2, 0.25) is 0 Å². The molecule has 0 unspecified atom stereocenters. The summed E-state index contributed by atoms with van der Waals surface area (Å²) in [6, 6.07) is 0. The number of ether oxygens (including phenoxy) is 1. The Hall–Kier alpha value is -1.63. The average Bonchev–Trinajstić information content (AvgIpc) is 2.30. The fraction of sp³-hybridized carbons (Fsp3) is 0.667. The molecule has 1 aliphatic heterocycles. The van der Waals surface area contributed by atoms with Crippen LogP contribution in [0.4, 0.5) is 0 Å². The van der Waals surface area contributed by atoms with Gasteiger partial charge in [-0.2, -0.15) is 0 Å². The second kappa shape index (κ2) is 8.66. The van der Waals surface area contributed by atoms with Gasteiger partial charge in [-0.1, -0.05) is 6.92 Å². The lowest BCUT2D eigenvalue weighted by Crippen LogP contribution is -2.50. The molecule has 0 aromatic heterocycles. The van der Waals surface area contributed by atoms with Crippen molar-refractivity contribution in [1.29, 1.82) is 10.8 Å². The van der Waals surface area contributed by atoms with Crippen molar-refractivity contribution in [3.8, 4) is 0 Å². The quantitative estimate of drug-likeness (QED) is 0.270. The minimum Gasteiger partial charge on any atom is -0.378 e. The highest BCUT2D eigenvalue weighted by molar-refractivity contribution is 5.94. The second-order valence-corrected chi connectivity index (χ2v) is 3.06. The first-order chi connectivity index (χ1) is 7.61. The van der Waals surface area contributed by atoms with E-state index in [-0.39, 0.29) is 11.9 Å². The highest BCUT2D eigenvalue weighted by Crippen LogP contribution is 1.95. The summed E-state index contributed by atoms with van der Waals surface area (Å²) in [6.07, 6.45) is 1.51. The van der Waals surface area contributed by atoms with Gasteiger partial charge in [0, 0.05) is 19.5 Å². The Kier molecular flexibility index (Phi) is 7.78. The van der Waals surface area contributed by atoms with Gasteiger partial charge >= 0.3 is 0 Å². The van der Waals surface area contributed by atoms with Crippen LogP contribution in [0.1, 0.15) is 13.3 Å². The molecule has 0 amide bonds. The van der Waals surface area contributed by atoms with Crippen molar-refractivity contribution in [2.24, 2.45) is 5.73 Å². The molecule has 1 fully saturated rings. The van der Waals surface area contributed by atoms with Crippen LogP contribution in [0.2, 0.25) is 0 Å². The lowest BCUT2D eigenvalue weighted by Gasteiger charge is -2.28. The topological polar surface area (TPSA) is 115 Å². The second-order valence-electron chi connectivity index (χ2n) is 3.06. The number of nitrogens with one attached hydrogen (secondary N) is 3. The van der Waals surface area contributed by atoms with Crippen molar-refractivity contribution < 1.29 is 9.53 Å². The van der Waals surface area contributed by atoms with Crippen molar-refractivity contribution in [3.63, 3.8) is 0 Å². The third-order valence-electron chi connectivity index (χ3n) is 1.75. The van der Waals surface area contributed by atoms with Crippen molar-refractivity contribution in [1.82, 2.24) is 10.2 Å². The van der Waals surface area contributed by atoms with Crippen LogP contribution in [0.5, 0.6) is 0 Å². The number of carbonyl (C=O) groups is 1. The molecule has 1 saturated heterocycles. The Labute approximate surface area is 95.0 Å². The molecule has 7 heteroatoms. The van der Waals surface area contributed by atoms with E-state index in [4.69, 9.17) is 21.3 Å². The monoisotopic (exact) mass is 229 g/mol. The van der Waals surface area contributed by atoms with Crippen LogP contribution < -0.4 is 11.1 Å². The lowest BCUT2D eigenvalue weighted by atomic mass is 10.4. The molecule has 0 spiro atoms.